The van der Waals surface area contributed by atoms with Crippen LogP contribution in [-0.2, 0) is 6.61 Å². The molecule has 0 aliphatic heterocycles. The second-order valence-corrected chi connectivity index (χ2v) is 8.02. The number of carbonyl (C=O) groups is 1. The number of thiophene rings is 1. The summed E-state index contributed by atoms with van der Waals surface area (Å²) in [7, 11) is 0. The Kier molecular flexibility index (Phi) is 6.04. The molecule has 1 amide bonds. The van der Waals surface area contributed by atoms with Gasteiger partial charge in [0.1, 0.15) is 12.4 Å². The van der Waals surface area contributed by atoms with Crippen LogP contribution in [-0.4, -0.2) is 30.6 Å². The Bertz CT molecular complexity index is 1410. The van der Waals surface area contributed by atoms with E-state index in [1.54, 1.807) is 42.9 Å². The number of aromatic nitrogens is 5. The van der Waals surface area contributed by atoms with Gasteiger partial charge in [-0.2, -0.15) is 0 Å². The third kappa shape index (κ3) is 4.66. The van der Waals surface area contributed by atoms with E-state index in [0.717, 1.165) is 10.4 Å². The van der Waals surface area contributed by atoms with Crippen LogP contribution in [0.3, 0.4) is 0 Å². The fraction of sp³-hybridized carbons (Fsp3) is 0.0417. The average molecular weight is 473 g/mol. The predicted octanol–water partition coefficient (Wildman–Crippen LogP) is 4.76. The van der Waals surface area contributed by atoms with Crippen LogP contribution in [0.25, 0.3) is 16.4 Å². The van der Waals surface area contributed by atoms with Crippen LogP contribution in [0.4, 0.5) is 10.2 Å². The molecule has 4 heterocycles. The van der Waals surface area contributed by atoms with Crippen LogP contribution < -0.4 is 10.1 Å². The molecule has 0 saturated carbocycles. The van der Waals surface area contributed by atoms with E-state index >= 15 is 0 Å². The Labute approximate surface area is 197 Å². The lowest BCUT2D eigenvalue weighted by atomic mass is 10.3. The predicted molar refractivity (Wildman–Crippen MR) is 125 cm³/mol. The summed E-state index contributed by atoms with van der Waals surface area (Å²) < 4.78 is 20.8. The smallest absolute Gasteiger partial charge is 0.296 e. The molecule has 168 valence electrons. The molecule has 5 rings (SSSR count). The molecule has 4 aromatic heterocycles. The zero-order chi connectivity index (χ0) is 23.3. The molecule has 0 saturated heterocycles. The molecule has 5 aromatic rings. The second-order valence-electron chi connectivity index (χ2n) is 7.07. The first kappa shape index (κ1) is 21.4. The van der Waals surface area contributed by atoms with Crippen molar-refractivity contribution in [3.8, 4) is 22.1 Å². The van der Waals surface area contributed by atoms with Crippen molar-refractivity contribution < 1.29 is 13.9 Å². The quantitative estimate of drug-likeness (QED) is 0.367. The van der Waals surface area contributed by atoms with Gasteiger partial charge in [0.25, 0.3) is 5.91 Å². The molecule has 1 aromatic carbocycles. The summed E-state index contributed by atoms with van der Waals surface area (Å²) in [5.74, 6) is 0.155. The van der Waals surface area contributed by atoms with E-state index in [1.165, 1.54) is 28.2 Å². The van der Waals surface area contributed by atoms with E-state index in [2.05, 4.69) is 25.4 Å². The molecular formula is C24H17FN6O2S. The van der Waals surface area contributed by atoms with E-state index in [4.69, 9.17) is 4.74 Å². The highest BCUT2D eigenvalue weighted by Crippen LogP contribution is 2.27. The number of amides is 1. The molecular weight excluding hydrogens is 455 g/mol. The summed E-state index contributed by atoms with van der Waals surface area (Å²) in [6, 6.07) is 16.7. The topological polar surface area (TPSA) is 94.8 Å². The minimum atomic E-state index is -0.550. The van der Waals surface area contributed by atoms with Crippen molar-refractivity contribution in [2.24, 2.45) is 0 Å². The summed E-state index contributed by atoms with van der Waals surface area (Å²) in [4.78, 5) is 26.5. The van der Waals surface area contributed by atoms with Crippen molar-refractivity contribution in [3.63, 3.8) is 0 Å². The molecule has 0 spiro atoms. The Morgan fingerprint density at radius 1 is 1.03 bits per heavy atom. The van der Waals surface area contributed by atoms with Crippen molar-refractivity contribution in [1.82, 2.24) is 24.7 Å². The number of nitrogens with zero attached hydrogens (tertiary/aromatic N) is 5. The van der Waals surface area contributed by atoms with Gasteiger partial charge in [0.2, 0.25) is 5.82 Å². The third-order valence-corrected chi connectivity index (χ3v) is 5.64. The molecule has 0 unspecified atom stereocenters. The van der Waals surface area contributed by atoms with Crippen LogP contribution >= 0.6 is 11.3 Å². The zero-order valence-corrected chi connectivity index (χ0v) is 18.4. The van der Waals surface area contributed by atoms with Crippen LogP contribution in [0.15, 0.2) is 84.6 Å². The highest BCUT2D eigenvalue weighted by molar-refractivity contribution is 7.13. The van der Waals surface area contributed by atoms with Crippen molar-refractivity contribution in [2.75, 3.05) is 5.32 Å². The Morgan fingerprint density at radius 2 is 1.85 bits per heavy atom. The van der Waals surface area contributed by atoms with Gasteiger partial charge in [0.05, 0.1) is 10.6 Å². The van der Waals surface area contributed by atoms with Gasteiger partial charge in [-0.3, -0.25) is 9.78 Å². The Hall–Kier alpha value is -4.44. The maximum Gasteiger partial charge on any atom is 0.296 e. The fourth-order valence-corrected chi connectivity index (χ4v) is 3.84. The van der Waals surface area contributed by atoms with Gasteiger partial charge in [-0.05, 0) is 65.5 Å². The van der Waals surface area contributed by atoms with Gasteiger partial charge in [-0.1, -0.05) is 6.07 Å². The lowest BCUT2D eigenvalue weighted by molar-refractivity contribution is 0.101. The van der Waals surface area contributed by atoms with Crippen LogP contribution in [0, 0.1) is 5.82 Å². The number of hydrogen-bond donors (Lipinski definition) is 1. The minimum absolute atomic E-state index is 0.0570. The van der Waals surface area contributed by atoms with Crippen LogP contribution in [0.2, 0.25) is 0 Å². The molecule has 34 heavy (non-hydrogen) atoms. The van der Waals surface area contributed by atoms with Crippen LogP contribution in [0.1, 0.15) is 16.2 Å². The summed E-state index contributed by atoms with van der Waals surface area (Å²) in [5.41, 5.74) is 1.51. The number of ether oxygens (including phenoxy) is 1. The largest absolute Gasteiger partial charge is 0.485 e. The average Bonchev–Trinajstić information content (AvgIpc) is 3.55. The molecule has 8 nitrogen and oxygen atoms in total. The maximum absolute atomic E-state index is 13.4. The van der Waals surface area contributed by atoms with Gasteiger partial charge >= 0.3 is 0 Å². The number of hydrogen-bond acceptors (Lipinski definition) is 7. The highest BCUT2D eigenvalue weighted by atomic mass is 32.1. The first-order valence-corrected chi connectivity index (χ1v) is 11.1. The molecule has 0 aliphatic rings. The SMILES string of the molecule is O=C(Nc1ncccc1OCc1ccncc1)c1nc(-c2cccs2)n(-c2ccc(F)cc2)n1. The van der Waals surface area contributed by atoms with Crippen molar-refractivity contribution >= 4 is 23.1 Å². The van der Waals surface area contributed by atoms with Gasteiger partial charge in [0.15, 0.2) is 17.4 Å². The minimum Gasteiger partial charge on any atom is -0.485 e. The van der Waals surface area contributed by atoms with Gasteiger partial charge < -0.3 is 10.1 Å². The van der Waals surface area contributed by atoms with E-state index in [0.29, 0.717) is 17.3 Å². The first-order valence-electron chi connectivity index (χ1n) is 10.2. The number of rotatable bonds is 7. The van der Waals surface area contributed by atoms with E-state index < -0.39 is 5.91 Å². The highest BCUT2D eigenvalue weighted by Gasteiger charge is 2.21. The molecule has 0 fully saturated rings. The lowest BCUT2D eigenvalue weighted by Crippen LogP contribution is -2.16. The molecule has 10 heteroatoms. The number of carbonyl (C=O) groups excluding carboxylic acids is 1. The molecule has 0 radical (unpaired) electrons. The van der Waals surface area contributed by atoms with Gasteiger partial charge in [-0.15, -0.1) is 16.4 Å². The van der Waals surface area contributed by atoms with E-state index in [1.807, 2.05) is 29.6 Å². The lowest BCUT2D eigenvalue weighted by Gasteiger charge is -2.10. The molecule has 0 aliphatic carbocycles. The van der Waals surface area contributed by atoms with Gasteiger partial charge in [-0.25, -0.2) is 19.0 Å². The Balaban J connectivity index is 1.41. The van der Waals surface area contributed by atoms with Crippen molar-refractivity contribution in [3.05, 3.63) is 102 Å². The molecule has 0 bridgehead atoms. The normalized spacial score (nSPS) is 10.7. The maximum atomic E-state index is 13.4. The van der Waals surface area contributed by atoms with Crippen LogP contribution in [0.5, 0.6) is 5.75 Å². The number of anilines is 1. The second kappa shape index (κ2) is 9.59. The summed E-state index contributed by atoms with van der Waals surface area (Å²) in [5, 5.41) is 9.02. The summed E-state index contributed by atoms with van der Waals surface area (Å²) >= 11 is 1.46. The summed E-state index contributed by atoms with van der Waals surface area (Å²) in [6.07, 6.45) is 4.91. The van der Waals surface area contributed by atoms with Crippen molar-refractivity contribution in [2.45, 2.75) is 6.61 Å². The standard InChI is InChI=1S/C24H17FN6O2S/c25-17-5-7-18(8-6-17)31-23(20-4-2-14-34-20)28-22(30-31)24(32)29-21-19(3-1-11-27-21)33-15-16-9-12-26-13-10-16/h1-14H,15H2,(H,27,29,32). The van der Waals surface area contributed by atoms with Crippen molar-refractivity contribution in [1.29, 1.82) is 0 Å². The third-order valence-electron chi connectivity index (χ3n) is 4.77. The molecule has 0 atom stereocenters. The number of nitrogens with one attached hydrogen (secondary N) is 1. The molecule has 1 N–H and O–H groups in total. The fourth-order valence-electron chi connectivity index (χ4n) is 3.14. The van der Waals surface area contributed by atoms with Gasteiger partial charge in [0, 0.05) is 18.6 Å². The van der Waals surface area contributed by atoms with E-state index in [9.17, 15) is 9.18 Å². The Morgan fingerprint density at radius 3 is 2.62 bits per heavy atom. The first-order chi connectivity index (χ1) is 16.7. The number of pyridine rings is 2. The summed E-state index contributed by atoms with van der Waals surface area (Å²) in [6.45, 7) is 0.289. The monoisotopic (exact) mass is 472 g/mol. The number of benzene rings is 1. The zero-order valence-electron chi connectivity index (χ0n) is 17.6. The number of halogens is 1. The van der Waals surface area contributed by atoms with E-state index in [-0.39, 0.29) is 24.1 Å².